The fraction of sp³-hybridized carbons (Fsp3) is 0.833. The van der Waals surface area contributed by atoms with Crippen molar-refractivity contribution in [3.63, 3.8) is 0 Å². The standard InChI is InChI=1S/C48H86O12S/c1-3-5-7-9-11-13-15-17-19-20-21-23-25-27-29-31-33-35-37-44(50)59-41(39-58-48-47(53)46(52)45(51)42(60-48)40-61(54,55)56)38-57-43(49)36-34-32-30-28-26-24-22-18-16-14-12-10-8-6-4-2/h6,8,12,14,18,22,41-42,45-48,51-53H,3-5,7,9-11,13,15-17,19-21,23-40H2,1-2H3,(H,54,55,56)/b8-6+,14-12+,22-18+/t41-,42-,45-,46?,47?,48+/m1/s1. The molecule has 4 N–H and O–H groups in total. The Balaban J connectivity index is 2.41. The zero-order chi connectivity index (χ0) is 44.8. The summed E-state index contributed by atoms with van der Waals surface area (Å²) in [6.07, 6.45) is 34.7. The lowest BCUT2D eigenvalue weighted by molar-refractivity contribution is -0.297. The number of aliphatic hydroxyl groups is 3. The van der Waals surface area contributed by atoms with Crippen molar-refractivity contribution in [2.24, 2.45) is 0 Å². The largest absolute Gasteiger partial charge is 0.462 e. The van der Waals surface area contributed by atoms with Crippen molar-refractivity contribution in [3.8, 4) is 0 Å². The Morgan fingerprint density at radius 1 is 0.574 bits per heavy atom. The zero-order valence-corrected chi connectivity index (χ0v) is 38.8. The van der Waals surface area contributed by atoms with Crippen LogP contribution in [0.4, 0.5) is 0 Å². The van der Waals surface area contributed by atoms with E-state index in [0.29, 0.717) is 12.8 Å². The second-order valence-corrected chi connectivity index (χ2v) is 18.2. The quantitative estimate of drug-likeness (QED) is 0.0198. The first kappa shape index (κ1) is 56.9. The Kier molecular flexibility index (Phi) is 35.8. The van der Waals surface area contributed by atoms with Gasteiger partial charge in [-0.05, 0) is 44.9 Å². The number of ether oxygens (including phenoxy) is 4. The SMILES string of the molecule is CC/C=C/C/C=C/C/C=C/CCCCCCCC(=O)OC[C@H](CO[C@H]1O[C@H](CS(=O)(=O)O)[C@@H](O)C(O)C1O)OC(=O)CCCCCCCCCCCCCCCCCCCC. The number of hydrogen-bond donors (Lipinski definition) is 4. The van der Waals surface area contributed by atoms with E-state index in [4.69, 9.17) is 18.9 Å². The number of hydrogen-bond acceptors (Lipinski definition) is 11. The molecule has 0 spiro atoms. The van der Waals surface area contributed by atoms with Gasteiger partial charge in [-0.2, -0.15) is 8.42 Å². The van der Waals surface area contributed by atoms with Crippen molar-refractivity contribution in [2.75, 3.05) is 19.0 Å². The van der Waals surface area contributed by atoms with Gasteiger partial charge in [0.25, 0.3) is 10.1 Å². The highest BCUT2D eigenvalue weighted by Gasteiger charge is 2.46. The highest BCUT2D eigenvalue weighted by atomic mass is 32.2. The monoisotopic (exact) mass is 887 g/mol. The summed E-state index contributed by atoms with van der Waals surface area (Å²) in [7, 11) is -4.60. The topological polar surface area (TPSA) is 186 Å². The van der Waals surface area contributed by atoms with Crippen molar-refractivity contribution in [2.45, 2.75) is 237 Å². The molecule has 1 aliphatic rings. The van der Waals surface area contributed by atoms with Gasteiger partial charge in [-0.15, -0.1) is 0 Å². The van der Waals surface area contributed by atoms with Crippen LogP contribution in [0.1, 0.15) is 200 Å². The average molecular weight is 887 g/mol. The summed E-state index contributed by atoms with van der Waals surface area (Å²) in [5.74, 6) is -2.00. The molecule has 1 heterocycles. The molecule has 0 bridgehead atoms. The fourth-order valence-electron chi connectivity index (χ4n) is 7.28. The van der Waals surface area contributed by atoms with Crippen LogP contribution in [0.25, 0.3) is 0 Å². The maximum atomic E-state index is 12.8. The summed E-state index contributed by atoms with van der Waals surface area (Å²) in [5.41, 5.74) is 0. The van der Waals surface area contributed by atoms with Gasteiger partial charge in [0.15, 0.2) is 12.4 Å². The van der Waals surface area contributed by atoms with Crippen molar-refractivity contribution in [1.29, 1.82) is 0 Å². The van der Waals surface area contributed by atoms with Gasteiger partial charge in [-0.1, -0.05) is 179 Å². The number of unbranched alkanes of at least 4 members (excludes halogenated alkanes) is 22. The third-order valence-corrected chi connectivity index (χ3v) is 11.7. The Morgan fingerprint density at radius 3 is 1.54 bits per heavy atom. The molecule has 1 fully saturated rings. The van der Waals surface area contributed by atoms with Crippen LogP contribution >= 0.6 is 0 Å². The lowest BCUT2D eigenvalue weighted by Crippen LogP contribution is -2.60. The summed E-state index contributed by atoms with van der Waals surface area (Å²) >= 11 is 0. The smallest absolute Gasteiger partial charge is 0.306 e. The van der Waals surface area contributed by atoms with E-state index < -0.39 is 71.2 Å². The summed E-state index contributed by atoms with van der Waals surface area (Å²) in [6.45, 7) is 3.65. The van der Waals surface area contributed by atoms with Crippen LogP contribution in [0.15, 0.2) is 36.5 Å². The van der Waals surface area contributed by atoms with E-state index in [1.54, 1.807) is 0 Å². The van der Waals surface area contributed by atoms with E-state index in [9.17, 15) is 37.9 Å². The number of esters is 2. The molecule has 1 aliphatic heterocycles. The summed E-state index contributed by atoms with van der Waals surface area (Å²) in [4.78, 5) is 25.4. The molecule has 0 radical (unpaired) electrons. The van der Waals surface area contributed by atoms with Crippen LogP contribution in [0.2, 0.25) is 0 Å². The molecule has 2 unspecified atom stereocenters. The van der Waals surface area contributed by atoms with Gasteiger partial charge >= 0.3 is 11.9 Å². The molecule has 6 atom stereocenters. The van der Waals surface area contributed by atoms with Crippen LogP contribution in [-0.2, 0) is 38.7 Å². The number of carbonyl (C=O) groups excluding carboxylic acids is 2. The Hall–Kier alpha value is -2.13. The lowest BCUT2D eigenvalue weighted by Gasteiger charge is -2.40. The van der Waals surface area contributed by atoms with Gasteiger partial charge < -0.3 is 34.3 Å². The molecule has 12 nitrogen and oxygen atoms in total. The van der Waals surface area contributed by atoms with E-state index in [1.807, 2.05) is 0 Å². The fourth-order valence-corrected chi connectivity index (χ4v) is 7.97. The van der Waals surface area contributed by atoms with Crippen LogP contribution < -0.4 is 0 Å². The van der Waals surface area contributed by atoms with Crippen molar-refractivity contribution in [1.82, 2.24) is 0 Å². The van der Waals surface area contributed by atoms with Gasteiger partial charge in [0.1, 0.15) is 36.8 Å². The second-order valence-electron chi connectivity index (χ2n) is 16.8. The number of rotatable bonds is 40. The first-order chi connectivity index (χ1) is 29.5. The highest BCUT2D eigenvalue weighted by Crippen LogP contribution is 2.24. The van der Waals surface area contributed by atoms with Crippen molar-refractivity contribution < 1.29 is 56.8 Å². The Labute approximate surface area is 370 Å². The predicted octanol–water partition coefficient (Wildman–Crippen LogP) is 10.2. The molecule has 0 aromatic rings. The van der Waals surface area contributed by atoms with Crippen LogP contribution in [-0.4, -0.2) is 96.0 Å². The highest BCUT2D eigenvalue weighted by molar-refractivity contribution is 7.85. The van der Waals surface area contributed by atoms with Gasteiger partial charge in [0.2, 0.25) is 0 Å². The average Bonchev–Trinajstić information content (AvgIpc) is 3.22. The van der Waals surface area contributed by atoms with E-state index >= 15 is 0 Å². The maximum Gasteiger partial charge on any atom is 0.306 e. The third kappa shape index (κ3) is 33.1. The minimum absolute atomic E-state index is 0.164. The summed E-state index contributed by atoms with van der Waals surface area (Å²) < 4.78 is 54.1. The molecule has 356 valence electrons. The third-order valence-electron chi connectivity index (χ3n) is 11.0. The normalized spacial score (nSPS) is 20.3. The molecule has 0 aliphatic carbocycles. The molecular formula is C48H86O12S. The summed E-state index contributed by atoms with van der Waals surface area (Å²) in [5, 5.41) is 30.9. The van der Waals surface area contributed by atoms with Gasteiger partial charge in [-0.3, -0.25) is 14.1 Å². The van der Waals surface area contributed by atoms with E-state index in [-0.39, 0.29) is 19.4 Å². The van der Waals surface area contributed by atoms with Crippen LogP contribution in [0.5, 0.6) is 0 Å². The van der Waals surface area contributed by atoms with Gasteiger partial charge in [0, 0.05) is 12.8 Å². The zero-order valence-electron chi connectivity index (χ0n) is 38.0. The van der Waals surface area contributed by atoms with E-state index in [0.717, 1.165) is 70.6 Å². The minimum Gasteiger partial charge on any atom is -0.462 e. The number of allylic oxidation sites excluding steroid dienone is 6. The number of carbonyl (C=O) groups is 2. The molecule has 0 saturated carbocycles. The number of aliphatic hydroxyl groups excluding tert-OH is 3. The molecule has 1 rings (SSSR count). The van der Waals surface area contributed by atoms with Gasteiger partial charge in [-0.25, -0.2) is 0 Å². The Morgan fingerprint density at radius 2 is 1.03 bits per heavy atom. The van der Waals surface area contributed by atoms with Crippen molar-refractivity contribution in [3.05, 3.63) is 36.5 Å². The van der Waals surface area contributed by atoms with E-state index in [1.165, 1.54) is 89.9 Å². The van der Waals surface area contributed by atoms with Crippen LogP contribution in [0, 0.1) is 0 Å². The van der Waals surface area contributed by atoms with Crippen LogP contribution in [0.3, 0.4) is 0 Å². The first-order valence-electron chi connectivity index (χ1n) is 24.0. The minimum atomic E-state index is -4.60. The molecule has 0 aromatic carbocycles. The maximum absolute atomic E-state index is 12.8. The molecule has 13 heteroatoms. The summed E-state index contributed by atoms with van der Waals surface area (Å²) in [6, 6.07) is 0. The first-order valence-corrected chi connectivity index (χ1v) is 25.7. The second kappa shape index (κ2) is 38.3. The molecule has 61 heavy (non-hydrogen) atoms. The van der Waals surface area contributed by atoms with E-state index in [2.05, 4.69) is 50.3 Å². The molecule has 0 amide bonds. The predicted molar refractivity (Wildman–Crippen MR) is 243 cm³/mol. The van der Waals surface area contributed by atoms with Gasteiger partial charge in [0.05, 0.1) is 6.61 Å². The van der Waals surface area contributed by atoms with Crippen molar-refractivity contribution >= 4 is 22.1 Å². The molecular weight excluding hydrogens is 801 g/mol. The Bertz CT molecular complexity index is 1270. The lowest BCUT2D eigenvalue weighted by atomic mass is 10.00. The molecule has 0 aromatic heterocycles. The molecule has 1 saturated heterocycles.